The lowest BCUT2D eigenvalue weighted by Gasteiger charge is -2.19. The molecule has 0 aliphatic heterocycles. The van der Waals surface area contributed by atoms with Crippen LogP contribution in [0.4, 0.5) is 18.9 Å². The fourth-order valence-electron chi connectivity index (χ4n) is 3.63. The second-order valence-electron chi connectivity index (χ2n) is 7.06. The standard InChI is InChI=1S/C21H19F3N4O/c1-13-17(12-26-28(13)19-10-9-15(11-25-19)21(22,23)24)20(29)27-18-8-4-6-14-5-2-3-7-16(14)18/h4,6,8-12H,2-3,5,7H2,1H3,(H,27,29). The smallest absolute Gasteiger partial charge is 0.322 e. The Hall–Kier alpha value is -3.16. The number of amides is 1. The molecule has 0 saturated carbocycles. The Morgan fingerprint density at radius 3 is 2.62 bits per heavy atom. The molecule has 0 fully saturated rings. The van der Waals surface area contributed by atoms with Crippen molar-refractivity contribution < 1.29 is 18.0 Å². The largest absolute Gasteiger partial charge is 0.417 e. The summed E-state index contributed by atoms with van der Waals surface area (Å²) >= 11 is 0. The predicted molar refractivity (Wildman–Crippen MR) is 102 cm³/mol. The molecule has 2 heterocycles. The lowest BCUT2D eigenvalue weighted by Crippen LogP contribution is -2.16. The van der Waals surface area contributed by atoms with Crippen molar-refractivity contribution in [1.82, 2.24) is 14.8 Å². The molecule has 1 amide bonds. The minimum absolute atomic E-state index is 0.214. The number of anilines is 1. The minimum atomic E-state index is -4.45. The summed E-state index contributed by atoms with van der Waals surface area (Å²) in [6.07, 6.45) is 1.89. The van der Waals surface area contributed by atoms with Crippen molar-refractivity contribution in [2.24, 2.45) is 0 Å². The quantitative estimate of drug-likeness (QED) is 0.692. The molecule has 0 spiro atoms. The first-order valence-electron chi connectivity index (χ1n) is 9.35. The SMILES string of the molecule is Cc1c(C(=O)Nc2cccc3c2CCCC3)cnn1-c1ccc(C(F)(F)F)cn1. The number of rotatable bonds is 3. The molecular weight excluding hydrogens is 381 g/mol. The van der Waals surface area contributed by atoms with E-state index >= 15 is 0 Å². The van der Waals surface area contributed by atoms with Gasteiger partial charge in [-0.1, -0.05) is 12.1 Å². The molecule has 2 aromatic heterocycles. The van der Waals surface area contributed by atoms with Gasteiger partial charge in [0.1, 0.15) is 0 Å². The summed E-state index contributed by atoms with van der Waals surface area (Å²) in [6.45, 7) is 1.68. The number of aromatic nitrogens is 3. The molecule has 0 radical (unpaired) electrons. The number of pyridine rings is 1. The van der Waals surface area contributed by atoms with Crippen molar-refractivity contribution in [2.75, 3.05) is 5.32 Å². The van der Waals surface area contributed by atoms with Crippen LogP contribution in [0.2, 0.25) is 0 Å². The predicted octanol–water partition coefficient (Wildman–Crippen LogP) is 4.73. The van der Waals surface area contributed by atoms with E-state index in [9.17, 15) is 18.0 Å². The molecule has 1 aromatic carbocycles. The van der Waals surface area contributed by atoms with Crippen LogP contribution in [0.1, 0.15) is 45.6 Å². The highest BCUT2D eigenvalue weighted by Gasteiger charge is 2.31. The zero-order valence-corrected chi connectivity index (χ0v) is 15.8. The highest BCUT2D eigenvalue weighted by molar-refractivity contribution is 6.05. The van der Waals surface area contributed by atoms with Crippen molar-refractivity contribution in [1.29, 1.82) is 0 Å². The van der Waals surface area contributed by atoms with Gasteiger partial charge in [0.2, 0.25) is 0 Å². The summed E-state index contributed by atoms with van der Waals surface area (Å²) < 4.78 is 39.5. The van der Waals surface area contributed by atoms with E-state index in [0.717, 1.165) is 43.6 Å². The van der Waals surface area contributed by atoms with Crippen LogP contribution in [0.25, 0.3) is 5.82 Å². The van der Waals surface area contributed by atoms with Gasteiger partial charge in [0.05, 0.1) is 23.0 Å². The van der Waals surface area contributed by atoms with E-state index in [-0.39, 0.29) is 11.7 Å². The Balaban J connectivity index is 1.58. The summed E-state index contributed by atoms with van der Waals surface area (Å²) in [5.41, 5.74) is 3.24. The number of nitrogens with zero attached hydrogens (tertiary/aromatic N) is 3. The van der Waals surface area contributed by atoms with Crippen molar-refractivity contribution in [3.63, 3.8) is 0 Å². The van der Waals surface area contributed by atoms with E-state index in [4.69, 9.17) is 0 Å². The van der Waals surface area contributed by atoms with E-state index in [2.05, 4.69) is 21.5 Å². The number of carbonyl (C=O) groups is 1. The van der Waals surface area contributed by atoms with E-state index in [0.29, 0.717) is 11.3 Å². The first-order chi connectivity index (χ1) is 13.8. The first kappa shape index (κ1) is 19.2. The third-order valence-electron chi connectivity index (χ3n) is 5.19. The molecule has 3 aromatic rings. The van der Waals surface area contributed by atoms with Gasteiger partial charge in [0.15, 0.2) is 5.82 Å². The van der Waals surface area contributed by atoms with Crippen LogP contribution in [0.15, 0.2) is 42.7 Å². The molecule has 150 valence electrons. The lowest BCUT2D eigenvalue weighted by atomic mass is 9.90. The topological polar surface area (TPSA) is 59.8 Å². The van der Waals surface area contributed by atoms with E-state index in [1.807, 2.05) is 12.1 Å². The van der Waals surface area contributed by atoms with Gasteiger partial charge in [-0.25, -0.2) is 9.67 Å². The number of aryl methyl sites for hydroxylation is 1. The fraction of sp³-hybridized carbons (Fsp3) is 0.286. The van der Waals surface area contributed by atoms with Gasteiger partial charge in [0, 0.05) is 11.9 Å². The maximum atomic E-state index is 12.8. The molecule has 1 aliphatic carbocycles. The number of halogens is 3. The number of nitrogens with one attached hydrogen (secondary N) is 1. The zero-order chi connectivity index (χ0) is 20.6. The first-order valence-corrected chi connectivity index (χ1v) is 9.35. The molecule has 0 atom stereocenters. The average molecular weight is 400 g/mol. The molecule has 4 rings (SSSR count). The molecule has 8 heteroatoms. The van der Waals surface area contributed by atoms with Crippen molar-refractivity contribution >= 4 is 11.6 Å². The Morgan fingerprint density at radius 2 is 1.90 bits per heavy atom. The maximum Gasteiger partial charge on any atom is 0.417 e. The lowest BCUT2D eigenvalue weighted by molar-refractivity contribution is -0.137. The van der Waals surface area contributed by atoms with Crippen LogP contribution in [-0.2, 0) is 19.0 Å². The second-order valence-corrected chi connectivity index (χ2v) is 7.06. The number of carbonyl (C=O) groups excluding carboxylic acids is 1. The van der Waals surface area contributed by atoms with Crippen molar-refractivity contribution in [3.8, 4) is 5.82 Å². The molecule has 0 bridgehead atoms. The molecule has 5 nitrogen and oxygen atoms in total. The van der Waals surface area contributed by atoms with Crippen molar-refractivity contribution in [3.05, 3.63) is 70.7 Å². The van der Waals surface area contributed by atoms with Gasteiger partial charge in [0.25, 0.3) is 5.91 Å². The summed E-state index contributed by atoms with van der Waals surface area (Å²) in [4.78, 5) is 16.7. The minimum Gasteiger partial charge on any atom is -0.322 e. The number of hydrogen-bond donors (Lipinski definition) is 1. The molecule has 29 heavy (non-hydrogen) atoms. The third-order valence-corrected chi connectivity index (χ3v) is 5.19. The van der Waals surface area contributed by atoms with E-state index in [1.165, 1.54) is 28.1 Å². The van der Waals surface area contributed by atoms with E-state index < -0.39 is 11.7 Å². The summed E-state index contributed by atoms with van der Waals surface area (Å²) in [6, 6.07) is 8.09. The van der Waals surface area contributed by atoms with Crippen LogP contribution in [-0.4, -0.2) is 20.7 Å². The van der Waals surface area contributed by atoms with Crippen LogP contribution in [0.3, 0.4) is 0 Å². The number of hydrogen-bond acceptors (Lipinski definition) is 3. The number of alkyl halides is 3. The second kappa shape index (κ2) is 7.35. The molecule has 0 unspecified atom stereocenters. The van der Waals surface area contributed by atoms with Crippen LogP contribution in [0, 0.1) is 6.92 Å². The normalized spacial score (nSPS) is 13.8. The third kappa shape index (κ3) is 3.74. The Labute approximate surface area is 165 Å². The molecular formula is C21H19F3N4O. The molecule has 1 aliphatic rings. The Bertz CT molecular complexity index is 1050. The average Bonchev–Trinajstić information content (AvgIpc) is 3.09. The highest BCUT2D eigenvalue weighted by atomic mass is 19.4. The van der Waals surface area contributed by atoms with Crippen LogP contribution in [0.5, 0.6) is 0 Å². The van der Waals surface area contributed by atoms with E-state index in [1.54, 1.807) is 6.92 Å². The zero-order valence-electron chi connectivity index (χ0n) is 15.8. The van der Waals surface area contributed by atoms with Gasteiger partial charge in [-0.2, -0.15) is 18.3 Å². The molecule has 0 saturated heterocycles. The van der Waals surface area contributed by atoms with Gasteiger partial charge < -0.3 is 5.32 Å². The van der Waals surface area contributed by atoms with Gasteiger partial charge in [-0.05, 0) is 61.9 Å². The van der Waals surface area contributed by atoms with Gasteiger partial charge in [-0.3, -0.25) is 4.79 Å². The van der Waals surface area contributed by atoms with Crippen LogP contribution >= 0.6 is 0 Å². The molecule has 1 N–H and O–H groups in total. The van der Waals surface area contributed by atoms with Gasteiger partial charge in [-0.15, -0.1) is 0 Å². The summed E-state index contributed by atoms with van der Waals surface area (Å²) in [5, 5.41) is 7.10. The van der Waals surface area contributed by atoms with Gasteiger partial charge >= 0.3 is 6.18 Å². The Morgan fingerprint density at radius 1 is 1.10 bits per heavy atom. The Kier molecular flexibility index (Phi) is 4.86. The summed E-state index contributed by atoms with van der Waals surface area (Å²) in [5.74, 6) is -0.0914. The van der Waals surface area contributed by atoms with Crippen LogP contribution < -0.4 is 5.32 Å². The highest BCUT2D eigenvalue weighted by Crippen LogP contribution is 2.30. The fourth-order valence-corrected chi connectivity index (χ4v) is 3.63. The maximum absolute atomic E-state index is 12.8. The number of fused-ring (bicyclic) bond motifs is 1. The van der Waals surface area contributed by atoms with Crippen molar-refractivity contribution in [2.45, 2.75) is 38.8 Å². The summed E-state index contributed by atoms with van der Waals surface area (Å²) in [7, 11) is 0. The number of benzene rings is 1. The monoisotopic (exact) mass is 400 g/mol.